The highest BCUT2D eigenvalue weighted by Crippen LogP contribution is 2.44. The van der Waals surface area contributed by atoms with E-state index in [1.807, 2.05) is 12.1 Å². The number of fused-ring (bicyclic) bond motifs is 6. The maximum absolute atomic E-state index is 6.32. The highest BCUT2D eigenvalue weighted by atomic mass is 16.3. The molecule has 0 aliphatic carbocycles. The first-order valence-electron chi connectivity index (χ1n) is 15.7. The lowest BCUT2D eigenvalue weighted by Crippen LogP contribution is -2.10. The second-order valence-electron chi connectivity index (χ2n) is 11.8. The Morgan fingerprint density at radius 3 is 1.67 bits per heavy atom. The van der Waals surface area contributed by atoms with Crippen molar-refractivity contribution < 1.29 is 4.42 Å². The fourth-order valence-corrected chi connectivity index (χ4v) is 6.81. The lowest BCUT2D eigenvalue weighted by molar-refractivity contribution is 0.669. The number of nitrogens with zero attached hydrogens (tertiary/aromatic N) is 1. The zero-order chi connectivity index (χ0) is 30.5. The zero-order valence-electron chi connectivity index (χ0n) is 25.1. The van der Waals surface area contributed by atoms with Gasteiger partial charge < -0.3 is 9.32 Å². The molecule has 0 radical (unpaired) electrons. The molecule has 9 rings (SSSR count). The van der Waals surface area contributed by atoms with Gasteiger partial charge in [-0.2, -0.15) is 0 Å². The van der Waals surface area contributed by atoms with Gasteiger partial charge in [-0.1, -0.05) is 121 Å². The topological polar surface area (TPSA) is 16.4 Å². The summed E-state index contributed by atoms with van der Waals surface area (Å²) in [5, 5.41) is 7.08. The number of rotatable bonds is 5. The van der Waals surface area contributed by atoms with Gasteiger partial charge in [0.25, 0.3) is 0 Å². The summed E-state index contributed by atoms with van der Waals surface area (Å²) in [6.07, 6.45) is 0. The molecule has 0 saturated heterocycles. The van der Waals surface area contributed by atoms with Crippen LogP contribution in [0, 0.1) is 0 Å². The number of furan rings is 1. The number of benzene rings is 8. The van der Waals surface area contributed by atoms with Crippen LogP contribution in [-0.2, 0) is 0 Å². The molecule has 0 amide bonds. The number of hydrogen-bond donors (Lipinski definition) is 0. The summed E-state index contributed by atoms with van der Waals surface area (Å²) in [5.74, 6) is 0. The quantitative estimate of drug-likeness (QED) is 0.186. The fraction of sp³-hybridized carbons (Fsp3) is 0. The summed E-state index contributed by atoms with van der Waals surface area (Å²) >= 11 is 0. The van der Waals surface area contributed by atoms with Crippen LogP contribution in [0.5, 0.6) is 0 Å². The van der Waals surface area contributed by atoms with Crippen LogP contribution in [0.4, 0.5) is 17.1 Å². The van der Waals surface area contributed by atoms with Gasteiger partial charge in [-0.15, -0.1) is 0 Å². The summed E-state index contributed by atoms with van der Waals surface area (Å²) in [6, 6.07) is 62.7. The second-order valence-corrected chi connectivity index (χ2v) is 11.8. The van der Waals surface area contributed by atoms with Crippen LogP contribution in [0.15, 0.2) is 180 Å². The Morgan fingerprint density at radius 1 is 0.326 bits per heavy atom. The van der Waals surface area contributed by atoms with Crippen molar-refractivity contribution in [1.29, 1.82) is 0 Å². The average Bonchev–Trinajstić information content (AvgIpc) is 3.49. The molecule has 2 heteroatoms. The van der Waals surface area contributed by atoms with Crippen molar-refractivity contribution in [2.45, 2.75) is 0 Å². The van der Waals surface area contributed by atoms with Crippen molar-refractivity contribution in [1.82, 2.24) is 0 Å². The van der Waals surface area contributed by atoms with E-state index in [-0.39, 0.29) is 0 Å². The molecule has 0 saturated carbocycles. The zero-order valence-corrected chi connectivity index (χ0v) is 25.1. The normalized spacial score (nSPS) is 11.5. The first-order valence-corrected chi connectivity index (χ1v) is 15.7. The van der Waals surface area contributed by atoms with Gasteiger partial charge in [0.2, 0.25) is 0 Å². The number of hydrogen-bond acceptors (Lipinski definition) is 2. The molecule has 0 bridgehead atoms. The maximum atomic E-state index is 6.32. The molecule has 216 valence electrons. The van der Waals surface area contributed by atoms with Crippen LogP contribution >= 0.6 is 0 Å². The van der Waals surface area contributed by atoms with Gasteiger partial charge in [-0.05, 0) is 93.0 Å². The molecule has 2 nitrogen and oxygen atoms in total. The molecule has 0 aliphatic rings. The smallest absolute Gasteiger partial charge is 0.136 e. The lowest BCUT2D eigenvalue weighted by atomic mass is 9.97. The molecular formula is C44H29NO. The van der Waals surface area contributed by atoms with E-state index < -0.39 is 0 Å². The summed E-state index contributed by atoms with van der Waals surface area (Å²) in [4.78, 5) is 2.37. The lowest BCUT2D eigenvalue weighted by Gasteiger charge is -2.27. The molecule has 1 aromatic heterocycles. The molecule has 0 fully saturated rings. The maximum Gasteiger partial charge on any atom is 0.136 e. The Labute approximate surface area is 267 Å². The highest BCUT2D eigenvalue weighted by Gasteiger charge is 2.19. The van der Waals surface area contributed by atoms with Crippen LogP contribution in [-0.4, -0.2) is 0 Å². The van der Waals surface area contributed by atoms with Gasteiger partial charge >= 0.3 is 0 Å². The molecule has 46 heavy (non-hydrogen) atoms. The molecule has 9 aromatic rings. The van der Waals surface area contributed by atoms with Crippen molar-refractivity contribution in [3.63, 3.8) is 0 Å². The Balaban J connectivity index is 1.21. The van der Waals surface area contributed by atoms with Gasteiger partial charge in [0.05, 0.1) is 5.69 Å². The van der Waals surface area contributed by atoms with Crippen molar-refractivity contribution in [3.05, 3.63) is 176 Å². The van der Waals surface area contributed by atoms with Crippen molar-refractivity contribution in [2.24, 2.45) is 0 Å². The highest BCUT2D eigenvalue weighted by molar-refractivity contribution is 6.19. The van der Waals surface area contributed by atoms with Gasteiger partial charge in [-0.25, -0.2) is 0 Å². The third-order valence-electron chi connectivity index (χ3n) is 9.02. The average molecular weight is 588 g/mol. The summed E-state index contributed by atoms with van der Waals surface area (Å²) in [6.45, 7) is 0. The molecule has 0 atom stereocenters. The standard InChI is InChI=1S/C44H29NO/c1-3-12-30(13-4-1)32-14-11-15-33(26-32)31-22-24-36(25-23-31)45(35-16-5-2-6-17-35)42-27-34-28-44-41(39-20-9-10-21-43(39)46-44)29-40(34)37-18-7-8-19-38(37)42/h1-29H. The van der Waals surface area contributed by atoms with Gasteiger partial charge in [0.1, 0.15) is 11.2 Å². The summed E-state index contributed by atoms with van der Waals surface area (Å²) in [5.41, 5.74) is 9.98. The minimum absolute atomic E-state index is 0.906. The predicted molar refractivity (Wildman–Crippen MR) is 194 cm³/mol. The molecule has 1 heterocycles. The molecule has 8 aromatic carbocycles. The second kappa shape index (κ2) is 10.8. The van der Waals surface area contributed by atoms with Crippen LogP contribution < -0.4 is 4.90 Å². The first kappa shape index (κ1) is 26.3. The Morgan fingerprint density at radius 2 is 0.913 bits per heavy atom. The van der Waals surface area contributed by atoms with Crippen LogP contribution in [0.1, 0.15) is 0 Å². The van der Waals surface area contributed by atoms with E-state index in [4.69, 9.17) is 4.42 Å². The van der Waals surface area contributed by atoms with Gasteiger partial charge in [-0.3, -0.25) is 0 Å². The molecular weight excluding hydrogens is 558 g/mol. The molecule has 0 unspecified atom stereocenters. The first-order chi connectivity index (χ1) is 22.8. The van der Waals surface area contributed by atoms with Crippen molar-refractivity contribution >= 4 is 60.5 Å². The Hall–Kier alpha value is -6.12. The molecule has 0 spiro atoms. The van der Waals surface area contributed by atoms with E-state index in [2.05, 4.69) is 169 Å². The van der Waals surface area contributed by atoms with Crippen LogP contribution in [0.25, 0.3) is 65.7 Å². The third kappa shape index (κ3) is 4.43. The number of anilines is 3. The van der Waals surface area contributed by atoms with Crippen LogP contribution in [0.3, 0.4) is 0 Å². The van der Waals surface area contributed by atoms with E-state index in [0.717, 1.165) is 44.4 Å². The Kier molecular flexibility index (Phi) is 6.17. The molecule has 0 N–H and O–H groups in total. The predicted octanol–water partition coefficient (Wildman–Crippen LogP) is 12.7. The Bertz CT molecular complexity index is 2510. The van der Waals surface area contributed by atoms with Crippen molar-refractivity contribution in [3.8, 4) is 22.3 Å². The van der Waals surface area contributed by atoms with E-state index in [1.54, 1.807) is 0 Å². The monoisotopic (exact) mass is 587 g/mol. The van der Waals surface area contributed by atoms with Gasteiger partial charge in [0.15, 0.2) is 0 Å². The fourth-order valence-electron chi connectivity index (χ4n) is 6.81. The van der Waals surface area contributed by atoms with E-state index in [9.17, 15) is 0 Å². The van der Waals surface area contributed by atoms with E-state index in [0.29, 0.717) is 0 Å². The SMILES string of the molecule is c1ccc(-c2cccc(-c3ccc(N(c4ccccc4)c4cc5cc6oc7ccccc7c6cc5c5ccccc45)cc3)c2)cc1. The van der Waals surface area contributed by atoms with E-state index in [1.165, 1.54) is 38.4 Å². The summed E-state index contributed by atoms with van der Waals surface area (Å²) in [7, 11) is 0. The minimum atomic E-state index is 0.906. The molecule has 0 aliphatic heterocycles. The van der Waals surface area contributed by atoms with Crippen LogP contribution in [0.2, 0.25) is 0 Å². The number of para-hydroxylation sites is 2. The summed E-state index contributed by atoms with van der Waals surface area (Å²) < 4.78 is 6.32. The van der Waals surface area contributed by atoms with Gasteiger partial charge in [0, 0.05) is 27.5 Å². The minimum Gasteiger partial charge on any atom is -0.456 e. The third-order valence-corrected chi connectivity index (χ3v) is 9.02. The largest absolute Gasteiger partial charge is 0.456 e. The van der Waals surface area contributed by atoms with E-state index >= 15 is 0 Å². The van der Waals surface area contributed by atoms with Crippen molar-refractivity contribution in [2.75, 3.05) is 4.90 Å².